The lowest BCUT2D eigenvalue weighted by Gasteiger charge is -2.22. The fraction of sp³-hybridized carbons (Fsp3) is 0.688. The van der Waals surface area contributed by atoms with Crippen LogP contribution in [0.1, 0.15) is 32.6 Å². The average molecular weight is 354 g/mol. The minimum atomic E-state index is -0.528. The number of nitrogens with zero attached hydrogens (tertiary/aromatic N) is 2. The molecule has 0 spiro atoms. The first-order chi connectivity index (χ1) is 11.6. The smallest absolute Gasteiger partial charge is 0.247 e. The summed E-state index contributed by atoms with van der Waals surface area (Å²) in [6, 6.07) is -0.528. The van der Waals surface area contributed by atoms with E-state index in [1.165, 1.54) is 13.3 Å². The molecular formula is C16H26N4O3S. The maximum atomic E-state index is 12.4. The molecule has 0 bridgehead atoms. The number of anilines is 1. The van der Waals surface area contributed by atoms with E-state index in [2.05, 4.69) is 15.7 Å². The fourth-order valence-corrected chi connectivity index (χ4v) is 3.14. The van der Waals surface area contributed by atoms with Crippen LogP contribution in [-0.2, 0) is 20.9 Å². The molecule has 2 rings (SSSR count). The molecule has 2 heterocycles. The van der Waals surface area contributed by atoms with Crippen molar-refractivity contribution in [2.75, 3.05) is 23.9 Å². The van der Waals surface area contributed by atoms with Gasteiger partial charge in [-0.2, -0.15) is 16.9 Å². The predicted octanol–water partition coefficient (Wildman–Crippen LogP) is 1.65. The van der Waals surface area contributed by atoms with Gasteiger partial charge >= 0.3 is 0 Å². The molecule has 0 radical (unpaired) electrons. The highest BCUT2D eigenvalue weighted by molar-refractivity contribution is 7.98. The van der Waals surface area contributed by atoms with Gasteiger partial charge in [0.1, 0.15) is 6.04 Å². The van der Waals surface area contributed by atoms with E-state index in [9.17, 15) is 9.59 Å². The minimum absolute atomic E-state index is 0.191. The van der Waals surface area contributed by atoms with E-state index in [4.69, 9.17) is 4.74 Å². The summed E-state index contributed by atoms with van der Waals surface area (Å²) < 4.78 is 7.49. The third-order valence-corrected chi connectivity index (χ3v) is 4.51. The number of rotatable bonds is 8. The van der Waals surface area contributed by atoms with Crippen molar-refractivity contribution in [3.8, 4) is 0 Å². The van der Waals surface area contributed by atoms with Crippen molar-refractivity contribution in [3.63, 3.8) is 0 Å². The summed E-state index contributed by atoms with van der Waals surface area (Å²) in [6.07, 6.45) is 9.53. The van der Waals surface area contributed by atoms with E-state index in [0.717, 1.165) is 25.2 Å². The zero-order chi connectivity index (χ0) is 17.4. The van der Waals surface area contributed by atoms with Gasteiger partial charge in [0.2, 0.25) is 11.8 Å². The molecule has 1 aromatic rings. The molecule has 2 amide bonds. The van der Waals surface area contributed by atoms with E-state index in [1.807, 2.05) is 6.26 Å². The lowest BCUT2D eigenvalue weighted by Crippen LogP contribution is -2.43. The second kappa shape index (κ2) is 9.68. The van der Waals surface area contributed by atoms with Crippen LogP contribution in [-0.4, -0.2) is 52.4 Å². The van der Waals surface area contributed by atoms with Crippen LogP contribution in [0.3, 0.4) is 0 Å². The van der Waals surface area contributed by atoms with Crippen molar-refractivity contribution in [2.45, 2.75) is 51.3 Å². The van der Waals surface area contributed by atoms with E-state index < -0.39 is 6.04 Å². The molecule has 0 unspecified atom stereocenters. The molecular weight excluding hydrogens is 328 g/mol. The van der Waals surface area contributed by atoms with Crippen LogP contribution in [0.25, 0.3) is 0 Å². The van der Waals surface area contributed by atoms with Crippen molar-refractivity contribution in [3.05, 3.63) is 12.4 Å². The molecule has 0 aromatic carbocycles. The normalized spacial score (nSPS) is 18.8. The number of nitrogens with one attached hydrogen (secondary N) is 2. The molecule has 1 saturated heterocycles. The predicted molar refractivity (Wildman–Crippen MR) is 95.1 cm³/mol. The number of amides is 2. The first kappa shape index (κ1) is 18.8. The molecule has 7 nitrogen and oxygen atoms in total. The van der Waals surface area contributed by atoms with Crippen LogP contribution in [0, 0.1) is 0 Å². The van der Waals surface area contributed by atoms with E-state index in [0.29, 0.717) is 18.7 Å². The van der Waals surface area contributed by atoms with E-state index in [-0.39, 0.29) is 17.9 Å². The van der Waals surface area contributed by atoms with Crippen molar-refractivity contribution in [1.82, 2.24) is 15.1 Å². The van der Waals surface area contributed by atoms with Gasteiger partial charge in [-0.05, 0) is 37.7 Å². The third-order valence-electron chi connectivity index (χ3n) is 3.87. The Morgan fingerprint density at radius 3 is 3.00 bits per heavy atom. The molecule has 1 fully saturated rings. The SMILES string of the molecule is CSCC[C@@H](NC(C)=O)C(=O)Nc1cnn(C[C@H]2CCCCO2)c1. The first-order valence-corrected chi connectivity index (χ1v) is 9.69. The first-order valence-electron chi connectivity index (χ1n) is 8.29. The largest absolute Gasteiger partial charge is 0.376 e. The molecule has 24 heavy (non-hydrogen) atoms. The summed E-state index contributed by atoms with van der Waals surface area (Å²) in [5.41, 5.74) is 0.635. The Bertz CT molecular complexity index is 543. The maximum absolute atomic E-state index is 12.4. The average Bonchev–Trinajstić information content (AvgIpc) is 2.99. The van der Waals surface area contributed by atoms with Crippen molar-refractivity contribution < 1.29 is 14.3 Å². The second-order valence-corrected chi connectivity index (χ2v) is 6.95. The van der Waals surface area contributed by atoms with Gasteiger partial charge in [-0.15, -0.1) is 0 Å². The number of thioether (sulfide) groups is 1. The molecule has 8 heteroatoms. The highest BCUT2D eigenvalue weighted by Gasteiger charge is 2.20. The van der Waals surface area contributed by atoms with Crippen LogP contribution in [0.2, 0.25) is 0 Å². The van der Waals surface area contributed by atoms with E-state index >= 15 is 0 Å². The van der Waals surface area contributed by atoms with Crippen molar-refractivity contribution >= 4 is 29.3 Å². The summed E-state index contributed by atoms with van der Waals surface area (Å²) >= 11 is 1.64. The van der Waals surface area contributed by atoms with Gasteiger partial charge in [0.15, 0.2) is 0 Å². The second-order valence-electron chi connectivity index (χ2n) is 5.96. The fourth-order valence-electron chi connectivity index (χ4n) is 2.67. The van der Waals surface area contributed by atoms with Crippen LogP contribution in [0.4, 0.5) is 5.69 Å². The summed E-state index contributed by atoms with van der Waals surface area (Å²) in [5.74, 6) is 0.380. The topological polar surface area (TPSA) is 85.3 Å². The summed E-state index contributed by atoms with van der Waals surface area (Å²) in [4.78, 5) is 23.6. The molecule has 2 atom stereocenters. The number of hydrogen-bond donors (Lipinski definition) is 2. The minimum Gasteiger partial charge on any atom is -0.376 e. The standard InChI is InChI=1S/C16H26N4O3S/c1-12(21)18-15(6-8-24-2)16(22)19-13-9-17-20(10-13)11-14-5-3-4-7-23-14/h9-10,14-15H,3-8,11H2,1-2H3,(H,18,21)(H,19,22)/t14-,15-/m1/s1. The Labute approximate surface area is 146 Å². The number of hydrogen-bond acceptors (Lipinski definition) is 5. The van der Waals surface area contributed by atoms with Gasteiger partial charge < -0.3 is 15.4 Å². The zero-order valence-electron chi connectivity index (χ0n) is 14.3. The Morgan fingerprint density at radius 1 is 1.50 bits per heavy atom. The monoisotopic (exact) mass is 354 g/mol. The van der Waals surface area contributed by atoms with Crippen molar-refractivity contribution in [2.24, 2.45) is 0 Å². The van der Waals surface area contributed by atoms with Gasteiger partial charge in [0.05, 0.1) is 24.5 Å². The Morgan fingerprint density at radius 2 is 2.33 bits per heavy atom. The Kier molecular flexibility index (Phi) is 7.58. The molecule has 134 valence electrons. The number of ether oxygens (including phenoxy) is 1. The lowest BCUT2D eigenvalue weighted by molar-refractivity contribution is -0.125. The van der Waals surface area contributed by atoms with Gasteiger partial charge in [-0.25, -0.2) is 0 Å². The van der Waals surface area contributed by atoms with Gasteiger partial charge in [0, 0.05) is 19.7 Å². The summed E-state index contributed by atoms with van der Waals surface area (Å²) in [5, 5.41) is 9.80. The molecule has 1 aliphatic heterocycles. The van der Waals surface area contributed by atoms with E-state index in [1.54, 1.807) is 28.8 Å². The highest BCUT2D eigenvalue weighted by Crippen LogP contribution is 2.15. The third kappa shape index (κ3) is 6.16. The summed E-state index contributed by atoms with van der Waals surface area (Å²) in [6.45, 7) is 2.92. The van der Waals surface area contributed by atoms with Crippen LogP contribution in [0.15, 0.2) is 12.4 Å². The number of carbonyl (C=O) groups excluding carboxylic acids is 2. The molecule has 1 aliphatic rings. The zero-order valence-corrected chi connectivity index (χ0v) is 15.1. The molecule has 0 aliphatic carbocycles. The quantitative estimate of drug-likeness (QED) is 0.741. The number of carbonyl (C=O) groups is 2. The van der Waals surface area contributed by atoms with Crippen LogP contribution in [0.5, 0.6) is 0 Å². The van der Waals surface area contributed by atoms with Crippen LogP contribution >= 0.6 is 11.8 Å². The van der Waals surface area contributed by atoms with Gasteiger partial charge in [0.25, 0.3) is 0 Å². The van der Waals surface area contributed by atoms with Crippen LogP contribution < -0.4 is 10.6 Å². The lowest BCUT2D eigenvalue weighted by atomic mass is 10.1. The Hall–Kier alpha value is -1.54. The Balaban J connectivity index is 1.88. The van der Waals surface area contributed by atoms with Gasteiger partial charge in [-0.3, -0.25) is 14.3 Å². The van der Waals surface area contributed by atoms with Gasteiger partial charge in [-0.1, -0.05) is 0 Å². The van der Waals surface area contributed by atoms with Crippen molar-refractivity contribution in [1.29, 1.82) is 0 Å². The maximum Gasteiger partial charge on any atom is 0.247 e. The summed E-state index contributed by atoms with van der Waals surface area (Å²) in [7, 11) is 0. The molecule has 2 N–H and O–H groups in total. The highest BCUT2D eigenvalue weighted by atomic mass is 32.2. The number of aromatic nitrogens is 2. The molecule has 0 saturated carbocycles. The molecule has 1 aromatic heterocycles.